The number of rotatable bonds is 2. The number of ether oxygens (including phenoxy) is 1. The van der Waals surface area contributed by atoms with E-state index in [1.54, 1.807) is 6.20 Å². The molecule has 1 saturated heterocycles. The van der Waals surface area contributed by atoms with Crippen molar-refractivity contribution in [3.05, 3.63) is 18.0 Å². The molecule has 1 aliphatic rings. The Labute approximate surface area is 101 Å². The van der Waals surface area contributed by atoms with Gasteiger partial charge in [-0.1, -0.05) is 0 Å². The van der Waals surface area contributed by atoms with Gasteiger partial charge in [0.2, 0.25) is 5.95 Å². The van der Waals surface area contributed by atoms with Crippen LogP contribution in [0.4, 0.5) is 5.95 Å². The minimum atomic E-state index is -0.443. The molecule has 2 rings (SSSR count). The predicted molar refractivity (Wildman–Crippen MR) is 63.7 cm³/mol. The van der Waals surface area contributed by atoms with Gasteiger partial charge in [-0.3, -0.25) is 4.79 Å². The molecule has 0 saturated carbocycles. The Bertz CT molecular complexity index is 436. The number of carbonyl (C=O) groups excluding carboxylic acids is 1. The zero-order valence-corrected chi connectivity index (χ0v) is 10.4. The molecular weight excluding hydrogens is 218 g/mol. The molecule has 1 atom stereocenters. The first kappa shape index (κ1) is 11.8. The number of esters is 1. The standard InChI is InChI=1S/C12H17N3O2/c1-9-4-6-13-11(14-9)15-7-5-12(2,8-15)10(16)17-3/h4,6H,5,7-8H2,1-3H3. The van der Waals surface area contributed by atoms with Crippen molar-refractivity contribution in [2.24, 2.45) is 5.41 Å². The van der Waals surface area contributed by atoms with Crippen LogP contribution in [0.25, 0.3) is 0 Å². The Kier molecular flexibility index (Phi) is 3.00. The summed E-state index contributed by atoms with van der Waals surface area (Å²) < 4.78 is 4.84. The van der Waals surface area contributed by atoms with Gasteiger partial charge < -0.3 is 9.64 Å². The van der Waals surface area contributed by atoms with Crippen molar-refractivity contribution in [1.29, 1.82) is 0 Å². The minimum Gasteiger partial charge on any atom is -0.469 e. The van der Waals surface area contributed by atoms with Crippen LogP contribution >= 0.6 is 0 Å². The molecule has 0 aromatic carbocycles. The molecular formula is C12H17N3O2. The van der Waals surface area contributed by atoms with Gasteiger partial charge in [-0.2, -0.15) is 0 Å². The largest absolute Gasteiger partial charge is 0.469 e. The van der Waals surface area contributed by atoms with E-state index in [2.05, 4.69) is 9.97 Å². The van der Waals surface area contributed by atoms with Crippen molar-refractivity contribution < 1.29 is 9.53 Å². The molecule has 1 unspecified atom stereocenters. The maximum absolute atomic E-state index is 11.7. The van der Waals surface area contributed by atoms with Gasteiger partial charge in [0.1, 0.15) is 0 Å². The molecule has 0 bridgehead atoms. The number of aryl methyl sites for hydroxylation is 1. The van der Waals surface area contributed by atoms with Crippen molar-refractivity contribution in [2.75, 3.05) is 25.1 Å². The average Bonchev–Trinajstić information content (AvgIpc) is 2.72. The number of aromatic nitrogens is 2. The zero-order chi connectivity index (χ0) is 12.5. The number of hydrogen-bond donors (Lipinski definition) is 0. The summed E-state index contributed by atoms with van der Waals surface area (Å²) in [4.78, 5) is 22.3. The summed E-state index contributed by atoms with van der Waals surface area (Å²) in [6.07, 6.45) is 2.52. The van der Waals surface area contributed by atoms with Gasteiger partial charge in [0.25, 0.3) is 0 Å². The van der Waals surface area contributed by atoms with E-state index in [1.165, 1.54) is 7.11 Å². The number of methoxy groups -OCH3 is 1. The predicted octanol–water partition coefficient (Wildman–Crippen LogP) is 1.17. The molecule has 0 N–H and O–H groups in total. The van der Waals surface area contributed by atoms with E-state index in [4.69, 9.17) is 4.74 Å². The van der Waals surface area contributed by atoms with Crippen LogP contribution in [0.15, 0.2) is 12.3 Å². The van der Waals surface area contributed by atoms with E-state index in [1.807, 2.05) is 24.8 Å². The maximum Gasteiger partial charge on any atom is 0.313 e. The fraction of sp³-hybridized carbons (Fsp3) is 0.583. The molecule has 1 aliphatic heterocycles. The topological polar surface area (TPSA) is 55.3 Å². The minimum absolute atomic E-state index is 0.160. The normalized spacial score (nSPS) is 23.8. The summed E-state index contributed by atoms with van der Waals surface area (Å²) in [5.74, 6) is 0.533. The van der Waals surface area contributed by atoms with Crippen molar-refractivity contribution in [3.8, 4) is 0 Å². The highest BCUT2D eigenvalue weighted by Crippen LogP contribution is 2.32. The molecule has 0 spiro atoms. The van der Waals surface area contributed by atoms with E-state index in [9.17, 15) is 4.79 Å². The van der Waals surface area contributed by atoms with Crippen LogP contribution in [0.5, 0.6) is 0 Å². The first-order chi connectivity index (χ1) is 8.05. The lowest BCUT2D eigenvalue weighted by molar-refractivity contribution is -0.150. The average molecular weight is 235 g/mol. The van der Waals surface area contributed by atoms with Gasteiger partial charge in [-0.15, -0.1) is 0 Å². The maximum atomic E-state index is 11.7. The number of anilines is 1. The Morgan fingerprint density at radius 2 is 2.35 bits per heavy atom. The zero-order valence-electron chi connectivity index (χ0n) is 10.4. The smallest absolute Gasteiger partial charge is 0.313 e. The van der Waals surface area contributed by atoms with Crippen LogP contribution in [-0.4, -0.2) is 36.1 Å². The molecule has 2 heterocycles. The Morgan fingerprint density at radius 3 is 3.00 bits per heavy atom. The summed E-state index contributed by atoms with van der Waals surface area (Å²) in [6.45, 7) is 5.26. The van der Waals surface area contributed by atoms with Crippen LogP contribution in [0.1, 0.15) is 19.0 Å². The van der Waals surface area contributed by atoms with E-state index in [0.717, 1.165) is 18.7 Å². The summed E-state index contributed by atoms with van der Waals surface area (Å²) in [6, 6.07) is 1.86. The van der Waals surface area contributed by atoms with Gasteiger partial charge in [0.15, 0.2) is 0 Å². The third-order valence-electron chi connectivity index (χ3n) is 3.22. The molecule has 0 amide bonds. The van der Waals surface area contributed by atoms with Gasteiger partial charge in [-0.25, -0.2) is 9.97 Å². The summed E-state index contributed by atoms with van der Waals surface area (Å²) in [5, 5.41) is 0. The SMILES string of the molecule is COC(=O)C1(C)CCN(c2nccc(C)n2)C1. The van der Waals surface area contributed by atoms with Gasteiger partial charge in [0.05, 0.1) is 12.5 Å². The molecule has 5 heteroatoms. The van der Waals surface area contributed by atoms with Crippen LogP contribution < -0.4 is 4.90 Å². The first-order valence-corrected chi connectivity index (χ1v) is 5.68. The Morgan fingerprint density at radius 1 is 1.59 bits per heavy atom. The third kappa shape index (κ3) is 2.23. The van der Waals surface area contributed by atoms with Crippen molar-refractivity contribution in [3.63, 3.8) is 0 Å². The van der Waals surface area contributed by atoms with Crippen LogP contribution in [-0.2, 0) is 9.53 Å². The second-order valence-corrected chi connectivity index (χ2v) is 4.72. The first-order valence-electron chi connectivity index (χ1n) is 5.68. The van der Waals surface area contributed by atoms with Gasteiger partial charge in [-0.05, 0) is 26.3 Å². The monoisotopic (exact) mass is 235 g/mol. The van der Waals surface area contributed by atoms with Crippen molar-refractivity contribution in [1.82, 2.24) is 9.97 Å². The fourth-order valence-electron chi connectivity index (χ4n) is 2.13. The summed E-state index contributed by atoms with van der Waals surface area (Å²) in [5.41, 5.74) is 0.489. The molecule has 5 nitrogen and oxygen atoms in total. The number of hydrogen-bond acceptors (Lipinski definition) is 5. The molecule has 0 radical (unpaired) electrons. The van der Waals surface area contributed by atoms with E-state index in [-0.39, 0.29) is 5.97 Å². The lowest BCUT2D eigenvalue weighted by atomic mass is 9.90. The Hall–Kier alpha value is -1.65. The van der Waals surface area contributed by atoms with E-state index < -0.39 is 5.41 Å². The lowest BCUT2D eigenvalue weighted by Gasteiger charge is -2.21. The highest BCUT2D eigenvalue weighted by Gasteiger charge is 2.42. The molecule has 0 aliphatic carbocycles. The lowest BCUT2D eigenvalue weighted by Crippen LogP contribution is -2.33. The van der Waals surface area contributed by atoms with Crippen molar-refractivity contribution >= 4 is 11.9 Å². The summed E-state index contributed by atoms with van der Waals surface area (Å²) >= 11 is 0. The van der Waals surface area contributed by atoms with Crippen LogP contribution in [0.3, 0.4) is 0 Å². The highest BCUT2D eigenvalue weighted by atomic mass is 16.5. The molecule has 1 aromatic heterocycles. The molecule has 17 heavy (non-hydrogen) atoms. The second-order valence-electron chi connectivity index (χ2n) is 4.72. The summed E-state index contributed by atoms with van der Waals surface area (Å²) in [7, 11) is 1.43. The van der Waals surface area contributed by atoms with E-state index >= 15 is 0 Å². The van der Waals surface area contributed by atoms with Crippen LogP contribution in [0, 0.1) is 12.3 Å². The molecule has 92 valence electrons. The quantitative estimate of drug-likeness (QED) is 0.720. The number of carbonyl (C=O) groups is 1. The Balaban J connectivity index is 2.15. The second kappa shape index (κ2) is 4.31. The highest BCUT2D eigenvalue weighted by molar-refractivity contribution is 5.78. The van der Waals surface area contributed by atoms with Crippen LogP contribution in [0.2, 0.25) is 0 Å². The van der Waals surface area contributed by atoms with Gasteiger partial charge >= 0.3 is 5.97 Å². The van der Waals surface area contributed by atoms with Crippen molar-refractivity contribution in [2.45, 2.75) is 20.3 Å². The van der Waals surface area contributed by atoms with E-state index in [0.29, 0.717) is 12.5 Å². The molecule has 1 fully saturated rings. The third-order valence-corrected chi connectivity index (χ3v) is 3.22. The number of nitrogens with zero attached hydrogens (tertiary/aromatic N) is 3. The molecule has 1 aromatic rings. The van der Waals surface area contributed by atoms with Gasteiger partial charge in [0, 0.05) is 25.0 Å². The fourth-order valence-corrected chi connectivity index (χ4v) is 2.13.